The van der Waals surface area contributed by atoms with Crippen LogP contribution in [0, 0.1) is 5.82 Å². The van der Waals surface area contributed by atoms with Gasteiger partial charge in [-0.1, -0.05) is 12.1 Å². The summed E-state index contributed by atoms with van der Waals surface area (Å²) < 4.78 is 12.7. The minimum absolute atomic E-state index is 0.181. The van der Waals surface area contributed by atoms with E-state index in [1.165, 1.54) is 12.1 Å². The predicted octanol–water partition coefficient (Wildman–Crippen LogP) is 2.29. The Kier molecular flexibility index (Phi) is 3.75. The number of hydrogen-bond donors (Lipinski definition) is 2. The van der Waals surface area contributed by atoms with Crippen molar-refractivity contribution in [2.45, 2.75) is 13.0 Å². The molecule has 1 aromatic carbocycles. The van der Waals surface area contributed by atoms with Gasteiger partial charge in [-0.25, -0.2) is 9.37 Å². The van der Waals surface area contributed by atoms with Gasteiger partial charge in [-0.05, 0) is 36.8 Å². The fraction of sp³-hybridized carbons (Fsp3) is 0.143. The largest absolute Gasteiger partial charge is 0.399 e. The maximum Gasteiger partial charge on any atom is 0.270 e. The Hall–Kier alpha value is -2.43. The molecule has 4 nitrogen and oxygen atoms in total. The van der Waals surface area contributed by atoms with Crippen LogP contribution in [-0.4, -0.2) is 10.9 Å². The highest BCUT2D eigenvalue weighted by Crippen LogP contribution is 2.14. The van der Waals surface area contributed by atoms with E-state index >= 15 is 0 Å². The van der Waals surface area contributed by atoms with Gasteiger partial charge in [0.05, 0.1) is 12.2 Å². The van der Waals surface area contributed by atoms with Crippen molar-refractivity contribution in [3.63, 3.8) is 0 Å². The van der Waals surface area contributed by atoms with Crippen LogP contribution >= 0.6 is 0 Å². The van der Waals surface area contributed by atoms with Gasteiger partial charge in [0.25, 0.3) is 5.91 Å². The molecule has 0 spiro atoms. The summed E-state index contributed by atoms with van der Waals surface area (Å²) in [5, 5.41) is 2.79. The van der Waals surface area contributed by atoms with Crippen molar-refractivity contribution in [3.05, 3.63) is 59.7 Å². The van der Waals surface area contributed by atoms with Crippen LogP contribution in [0.1, 0.15) is 29.0 Å². The van der Waals surface area contributed by atoms with Crippen molar-refractivity contribution < 1.29 is 9.18 Å². The lowest BCUT2D eigenvalue weighted by molar-refractivity contribution is 0.0935. The maximum atomic E-state index is 12.7. The molecule has 1 unspecified atom stereocenters. The first-order chi connectivity index (χ1) is 9.06. The van der Waals surface area contributed by atoms with Crippen LogP contribution in [0.15, 0.2) is 42.6 Å². The molecule has 5 heteroatoms. The lowest BCUT2D eigenvalue weighted by atomic mass is 10.1. The second-order valence-corrected chi connectivity index (χ2v) is 4.22. The summed E-state index contributed by atoms with van der Waals surface area (Å²) in [4.78, 5) is 15.6. The minimum Gasteiger partial charge on any atom is -0.399 e. The van der Waals surface area contributed by atoms with Gasteiger partial charge in [0, 0.05) is 5.69 Å². The molecule has 1 aromatic heterocycles. The lowest BCUT2D eigenvalue weighted by Gasteiger charge is -2.14. The Labute approximate surface area is 110 Å². The molecule has 19 heavy (non-hydrogen) atoms. The second-order valence-electron chi connectivity index (χ2n) is 4.22. The number of anilines is 1. The lowest BCUT2D eigenvalue weighted by Crippen LogP contribution is -2.27. The standard InChI is InChI=1S/C14H14FN3O/c1-9(10-2-5-12(16)6-3-10)18-14(19)13-7-4-11(15)8-17-13/h2-9H,16H2,1H3,(H,18,19). The highest BCUT2D eigenvalue weighted by Gasteiger charge is 2.12. The van der Waals surface area contributed by atoms with Crippen LogP contribution in [0.2, 0.25) is 0 Å². The summed E-state index contributed by atoms with van der Waals surface area (Å²) in [6.07, 6.45) is 1.02. The van der Waals surface area contributed by atoms with Crippen molar-refractivity contribution in [2.75, 3.05) is 5.73 Å². The average molecular weight is 259 g/mol. The first kappa shape index (κ1) is 13.0. The molecule has 0 saturated carbocycles. The number of carbonyl (C=O) groups excluding carboxylic acids is 1. The van der Waals surface area contributed by atoms with Crippen molar-refractivity contribution in [2.24, 2.45) is 0 Å². The maximum absolute atomic E-state index is 12.7. The van der Waals surface area contributed by atoms with Gasteiger partial charge < -0.3 is 11.1 Å². The number of amides is 1. The number of benzene rings is 1. The topological polar surface area (TPSA) is 68.0 Å². The number of nitrogens with one attached hydrogen (secondary N) is 1. The van der Waals surface area contributed by atoms with E-state index < -0.39 is 5.82 Å². The van der Waals surface area contributed by atoms with Gasteiger partial charge in [0.2, 0.25) is 0 Å². The van der Waals surface area contributed by atoms with Gasteiger partial charge >= 0.3 is 0 Å². The van der Waals surface area contributed by atoms with Crippen LogP contribution in [0.4, 0.5) is 10.1 Å². The quantitative estimate of drug-likeness (QED) is 0.831. The summed E-state index contributed by atoms with van der Waals surface area (Å²) in [5.74, 6) is -0.813. The summed E-state index contributed by atoms with van der Waals surface area (Å²) >= 11 is 0. The number of pyridine rings is 1. The summed E-state index contributed by atoms with van der Waals surface area (Å²) in [5.41, 5.74) is 7.39. The van der Waals surface area contributed by atoms with Gasteiger partial charge in [-0.15, -0.1) is 0 Å². The summed E-state index contributed by atoms with van der Waals surface area (Å²) in [6.45, 7) is 1.85. The van der Waals surface area contributed by atoms with Crippen molar-refractivity contribution in [1.82, 2.24) is 10.3 Å². The SMILES string of the molecule is CC(NC(=O)c1ccc(F)cn1)c1ccc(N)cc1. The number of aromatic nitrogens is 1. The highest BCUT2D eigenvalue weighted by molar-refractivity contribution is 5.92. The van der Waals surface area contributed by atoms with Crippen molar-refractivity contribution in [1.29, 1.82) is 0 Å². The molecule has 98 valence electrons. The minimum atomic E-state index is -0.469. The Bertz CT molecular complexity index is 566. The van der Waals surface area contributed by atoms with Crippen LogP contribution in [0.25, 0.3) is 0 Å². The van der Waals surface area contributed by atoms with Crippen molar-refractivity contribution >= 4 is 11.6 Å². The van der Waals surface area contributed by atoms with Gasteiger partial charge in [-0.3, -0.25) is 4.79 Å². The van der Waals surface area contributed by atoms with Crippen LogP contribution in [0.5, 0.6) is 0 Å². The first-order valence-corrected chi connectivity index (χ1v) is 5.84. The zero-order valence-corrected chi connectivity index (χ0v) is 10.4. The number of nitrogens with zero attached hydrogens (tertiary/aromatic N) is 1. The number of halogens is 1. The summed E-state index contributed by atoms with van der Waals surface area (Å²) in [7, 11) is 0. The molecule has 0 bridgehead atoms. The molecule has 0 saturated heterocycles. The second kappa shape index (κ2) is 5.48. The van der Waals surface area contributed by atoms with E-state index in [-0.39, 0.29) is 17.6 Å². The molecule has 1 atom stereocenters. The van der Waals surface area contributed by atoms with Gasteiger partial charge in [0.1, 0.15) is 11.5 Å². The Morgan fingerprint density at radius 1 is 1.26 bits per heavy atom. The van der Waals surface area contributed by atoms with E-state index in [1.807, 2.05) is 19.1 Å². The molecule has 0 fully saturated rings. The molecule has 0 aliphatic carbocycles. The third-order valence-corrected chi connectivity index (χ3v) is 2.74. The zero-order valence-electron chi connectivity index (χ0n) is 10.4. The third kappa shape index (κ3) is 3.28. The van der Waals surface area contributed by atoms with Crippen LogP contribution < -0.4 is 11.1 Å². The number of rotatable bonds is 3. The summed E-state index contributed by atoms with van der Waals surface area (Å²) in [6, 6.07) is 9.61. The van der Waals surface area contributed by atoms with E-state index in [9.17, 15) is 9.18 Å². The zero-order chi connectivity index (χ0) is 13.8. The predicted molar refractivity (Wildman–Crippen MR) is 70.9 cm³/mol. The number of carbonyl (C=O) groups is 1. The van der Waals surface area contributed by atoms with Crippen molar-refractivity contribution in [3.8, 4) is 0 Å². The molecule has 2 rings (SSSR count). The molecule has 1 amide bonds. The Morgan fingerprint density at radius 2 is 1.95 bits per heavy atom. The smallest absolute Gasteiger partial charge is 0.270 e. The Balaban J connectivity index is 2.06. The molecule has 0 aliphatic heterocycles. The fourth-order valence-electron chi connectivity index (χ4n) is 1.65. The highest BCUT2D eigenvalue weighted by atomic mass is 19.1. The fourth-order valence-corrected chi connectivity index (χ4v) is 1.65. The number of nitrogens with two attached hydrogens (primary N) is 1. The molecule has 0 radical (unpaired) electrons. The normalized spacial score (nSPS) is 11.9. The van der Waals surface area contributed by atoms with Crippen LogP contribution in [0.3, 0.4) is 0 Å². The van der Waals surface area contributed by atoms with Gasteiger partial charge in [-0.2, -0.15) is 0 Å². The Morgan fingerprint density at radius 3 is 2.53 bits per heavy atom. The molecular weight excluding hydrogens is 245 g/mol. The van der Waals surface area contributed by atoms with E-state index in [0.29, 0.717) is 5.69 Å². The van der Waals surface area contributed by atoms with Crippen LogP contribution in [-0.2, 0) is 0 Å². The average Bonchev–Trinajstić information content (AvgIpc) is 2.40. The van der Waals surface area contributed by atoms with Gasteiger partial charge in [0.15, 0.2) is 0 Å². The monoisotopic (exact) mass is 259 g/mol. The molecule has 3 N–H and O–H groups in total. The molecule has 0 aliphatic rings. The van der Waals surface area contributed by atoms with E-state index in [0.717, 1.165) is 11.8 Å². The molecular formula is C14H14FN3O. The number of nitrogen functional groups attached to an aromatic ring is 1. The molecule has 1 heterocycles. The third-order valence-electron chi connectivity index (χ3n) is 2.74. The van der Waals surface area contributed by atoms with E-state index in [2.05, 4.69) is 10.3 Å². The van der Waals surface area contributed by atoms with E-state index in [1.54, 1.807) is 12.1 Å². The first-order valence-electron chi connectivity index (χ1n) is 5.84. The molecule has 2 aromatic rings. The number of hydrogen-bond acceptors (Lipinski definition) is 3. The van der Waals surface area contributed by atoms with E-state index in [4.69, 9.17) is 5.73 Å².